The zero-order valence-electron chi connectivity index (χ0n) is 15.6. The van der Waals surface area contributed by atoms with Gasteiger partial charge in [-0.3, -0.25) is 9.59 Å². The van der Waals surface area contributed by atoms with E-state index in [1.54, 1.807) is 7.11 Å². The number of amides is 1. The van der Waals surface area contributed by atoms with Crippen molar-refractivity contribution in [2.75, 3.05) is 7.11 Å². The van der Waals surface area contributed by atoms with Gasteiger partial charge >= 0.3 is 5.97 Å². The second-order valence-electron chi connectivity index (χ2n) is 6.45. The number of ether oxygens (including phenoxy) is 1. The van der Waals surface area contributed by atoms with Crippen LogP contribution in [0.1, 0.15) is 30.4 Å². The van der Waals surface area contributed by atoms with E-state index in [9.17, 15) is 9.59 Å². The first-order chi connectivity index (χ1) is 13.6. The Morgan fingerprint density at radius 1 is 1.14 bits per heavy atom. The van der Waals surface area contributed by atoms with Crippen LogP contribution in [0.2, 0.25) is 0 Å². The van der Waals surface area contributed by atoms with Crippen molar-refractivity contribution in [1.29, 1.82) is 0 Å². The zero-order valence-corrected chi connectivity index (χ0v) is 15.6. The first-order valence-electron chi connectivity index (χ1n) is 9.06. The molecule has 0 saturated heterocycles. The van der Waals surface area contributed by atoms with Gasteiger partial charge in [0.25, 0.3) is 0 Å². The average molecular weight is 378 g/mol. The molecule has 0 radical (unpaired) electrons. The van der Waals surface area contributed by atoms with E-state index in [4.69, 9.17) is 9.84 Å². The minimum absolute atomic E-state index is 0.0790. The summed E-state index contributed by atoms with van der Waals surface area (Å²) in [4.78, 5) is 23.4. The summed E-state index contributed by atoms with van der Waals surface area (Å²) < 4.78 is 5.18. The molecule has 28 heavy (non-hydrogen) atoms. The predicted molar refractivity (Wildman–Crippen MR) is 107 cm³/mol. The monoisotopic (exact) mass is 378 g/mol. The zero-order chi connectivity index (χ0) is 19.9. The molecule has 6 heteroatoms. The molecule has 3 rings (SSSR count). The maximum Gasteiger partial charge on any atom is 0.303 e. The van der Waals surface area contributed by atoms with E-state index in [0.29, 0.717) is 6.42 Å². The fourth-order valence-corrected chi connectivity index (χ4v) is 2.99. The van der Waals surface area contributed by atoms with Gasteiger partial charge in [-0.25, -0.2) is 5.01 Å². The van der Waals surface area contributed by atoms with Crippen LogP contribution in [0.25, 0.3) is 6.08 Å². The van der Waals surface area contributed by atoms with Gasteiger partial charge in [0, 0.05) is 12.8 Å². The molecule has 1 heterocycles. The maximum absolute atomic E-state index is 12.6. The predicted octanol–water partition coefficient (Wildman–Crippen LogP) is 3.58. The molecule has 0 aromatic heterocycles. The van der Waals surface area contributed by atoms with Gasteiger partial charge in [-0.15, -0.1) is 0 Å². The van der Waals surface area contributed by atoms with Crippen LogP contribution in [0.15, 0.2) is 65.8 Å². The number of rotatable bonds is 7. The van der Waals surface area contributed by atoms with Crippen molar-refractivity contribution in [2.24, 2.45) is 5.10 Å². The summed E-state index contributed by atoms with van der Waals surface area (Å²) >= 11 is 0. The van der Waals surface area contributed by atoms with E-state index in [1.807, 2.05) is 66.7 Å². The Hall–Kier alpha value is -3.41. The minimum Gasteiger partial charge on any atom is -0.497 e. The fourth-order valence-electron chi connectivity index (χ4n) is 2.99. The molecule has 0 bridgehead atoms. The van der Waals surface area contributed by atoms with Crippen molar-refractivity contribution in [1.82, 2.24) is 5.01 Å². The highest BCUT2D eigenvalue weighted by Gasteiger charge is 2.30. The van der Waals surface area contributed by atoms with E-state index < -0.39 is 5.97 Å². The van der Waals surface area contributed by atoms with Gasteiger partial charge in [0.2, 0.25) is 5.91 Å². The van der Waals surface area contributed by atoms with E-state index in [1.165, 1.54) is 5.01 Å². The lowest BCUT2D eigenvalue weighted by Crippen LogP contribution is -2.31. The number of nitrogens with zero attached hydrogens (tertiary/aromatic N) is 2. The van der Waals surface area contributed by atoms with E-state index in [2.05, 4.69) is 5.10 Å². The number of carbonyl (C=O) groups is 2. The second kappa shape index (κ2) is 8.99. The summed E-state index contributed by atoms with van der Waals surface area (Å²) in [5.74, 6) is -0.547. The van der Waals surface area contributed by atoms with Gasteiger partial charge in [-0.05, 0) is 35.4 Å². The first-order valence-corrected chi connectivity index (χ1v) is 9.06. The first kappa shape index (κ1) is 19.4. The third-order valence-electron chi connectivity index (χ3n) is 4.49. The Balaban J connectivity index is 1.81. The molecule has 2 aromatic carbocycles. The summed E-state index contributed by atoms with van der Waals surface area (Å²) in [5.41, 5.74) is 2.72. The summed E-state index contributed by atoms with van der Waals surface area (Å²) in [6.45, 7) is 0. The number of carbonyl (C=O) groups excluding carboxylic acids is 1. The highest BCUT2D eigenvalue weighted by atomic mass is 16.5. The van der Waals surface area contributed by atoms with E-state index in [-0.39, 0.29) is 24.8 Å². The third-order valence-corrected chi connectivity index (χ3v) is 4.49. The average Bonchev–Trinajstić information content (AvgIpc) is 3.15. The SMILES string of the molecule is COc1ccc(C2=NN(C(=O)CCC(=O)O)C(C=Cc3ccccc3)C2)cc1. The number of aliphatic carboxylic acids is 1. The number of benzene rings is 2. The summed E-state index contributed by atoms with van der Waals surface area (Å²) in [6.07, 6.45) is 4.17. The molecule has 1 aliphatic heterocycles. The molecule has 2 aromatic rings. The molecular formula is C22H22N2O4. The van der Waals surface area contributed by atoms with Crippen LogP contribution in [0.3, 0.4) is 0 Å². The van der Waals surface area contributed by atoms with Crippen molar-refractivity contribution in [2.45, 2.75) is 25.3 Å². The second-order valence-corrected chi connectivity index (χ2v) is 6.45. The maximum atomic E-state index is 12.6. The van der Waals surface area contributed by atoms with Crippen LogP contribution >= 0.6 is 0 Å². The smallest absolute Gasteiger partial charge is 0.303 e. The largest absolute Gasteiger partial charge is 0.497 e. The third kappa shape index (κ3) is 4.85. The van der Waals surface area contributed by atoms with Crippen LogP contribution in [-0.4, -0.2) is 40.9 Å². The highest BCUT2D eigenvalue weighted by molar-refractivity contribution is 6.03. The standard InChI is InChI=1S/C22H22N2O4/c1-28-19-11-8-17(9-12-19)20-15-18(10-7-16-5-3-2-4-6-16)24(23-20)21(25)13-14-22(26)27/h2-12,18H,13-15H2,1H3,(H,26,27). The van der Waals surface area contributed by atoms with Crippen molar-refractivity contribution in [3.63, 3.8) is 0 Å². The Morgan fingerprint density at radius 2 is 1.86 bits per heavy atom. The minimum atomic E-state index is -0.997. The number of carboxylic acid groups (broad SMARTS) is 1. The molecule has 0 saturated carbocycles. The van der Waals surface area contributed by atoms with Gasteiger partial charge in [0.05, 0.1) is 25.3 Å². The molecule has 0 aliphatic carbocycles. The summed E-state index contributed by atoms with van der Waals surface area (Å²) in [5, 5.41) is 14.8. The van der Waals surface area contributed by atoms with Gasteiger partial charge in [0.1, 0.15) is 5.75 Å². The van der Waals surface area contributed by atoms with Gasteiger partial charge < -0.3 is 9.84 Å². The molecule has 1 N–H and O–H groups in total. The lowest BCUT2D eigenvalue weighted by molar-refractivity contribution is -0.141. The van der Waals surface area contributed by atoms with Crippen molar-refractivity contribution < 1.29 is 19.4 Å². The molecule has 1 amide bonds. The number of carboxylic acids is 1. The number of hydrazone groups is 1. The number of hydrogen-bond donors (Lipinski definition) is 1. The van der Waals surface area contributed by atoms with Crippen LogP contribution in [0.5, 0.6) is 5.75 Å². The summed E-state index contributed by atoms with van der Waals surface area (Å²) in [6, 6.07) is 17.1. The normalized spacial score (nSPS) is 16.2. The van der Waals surface area contributed by atoms with Crippen molar-refractivity contribution in [3.8, 4) is 5.75 Å². The van der Waals surface area contributed by atoms with Gasteiger partial charge in [-0.2, -0.15) is 5.10 Å². The van der Waals surface area contributed by atoms with Crippen molar-refractivity contribution in [3.05, 3.63) is 71.8 Å². The molecule has 1 atom stereocenters. The fraction of sp³-hybridized carbons (Fsp3) is 0.227. The van der Waals surface area contributed by atoms with Gasteiger partial charge in [0.15, 0.2) is 0 Å². The molecule has 0 spiro atoms. The Kier molecular flexibility index (Phi) is 6.22. The Bertz CT molecular complexity index is 889. The van der Waals surface area contributed by atoms with Crippen LogP contribution in [0.4, 0.5) is 0 Å². The molecule has 6 nitrogen and oxygen atoms in total. The van der Waals surface area contributed by atoms with E-state index in [0.717, 1.165) is 22.6 Å². The molecule has 144 valence electrons. The molecule has 0 fully saturated rings. The van der Waals surface area contributed by atoms with Crippen molar-refractivity contribution >= 4 is 23.7 Å². The molecular weight excluding hydrogens is 356 g/mol. The van der Waals surface area contributed by atoms with Crippen LogP contribution in [-0.2, 0) is 9.59 Å². The lowest BCUT2D eigenvalue weighted by Gasteiger charge is -2.18. The number of methoxy groups -OCH3 is 1. The lowest BCUT2D eigenvalue weighted by atomic mass is 10.0. The highest BCUT2D eigenvalue weighted by Crippen LogP contribution is 2.24. The number of hydrogen-bond acceptors (Lipinski definition) is 4. The Morgan fingerprint density at radius 3 is 2.50 bits per heavy atom. The van der Waals surface area contributed by atoms with Crippen LogP contribution in [0, 0.1) is 0 Å². The summed E-state index contributed by atoms with van der Waals surface area (Å²) in [7, 11) is 1.61. The van der Waals surface area contributed by atoms with Gasteiger partial charge in [-0.1, -0.05) is 42.5 Å². The van der Waals surface area contributed by atoms with Crippen LogP contribution < -0.4 is 4.74 Å². The van der Waals surface area contributed by atoms with E-state index >= 15 is 0 Å². The molecule has 1 unspecified atom stereocenters. The quantitative estimate of drug-likeness (QED) is 0.799. The Labute approximate surface area is 163 Å². The molecule has 1 aliphatic rings. The topological polar surface area (TPSA) is 79.2 Å².